The monoisotopic (exact) mass is 434 g/mol. The van der Waals surface area contributed by atoms with E-state index in [1.807, 2.05) is 60.7 Å². The lowest BCUT2D eigenvalue weighted by Gasteiger charge is -2.38. The molecule has 5 nitrogen and oxygen atoms in total. The second-order valence-corrected chi connectivity index (χ2v) is 8.02. The molecule has 0 radical (unpaired) electrons. The maximum absolute atomic E-state index is 12.5. The van der Waals surface area contributed by atoms with Crippen LogP contribution in [0.2, 0.25) is 0 Å². The van der Waals surface area contributed by atoms with Crippen molar-refractivity contribution in [3.8, 4) is 5.75 Å². The fourth-order valence-electron chi connectivity index (χ4n) is 4.02. The fraction of sp³-hybridized carbons (Fsp3) is 0.296. The molecule has 0 amide bonds. The van der Waals surface area contributed by atoms with E-state index in [0.717, 1.165) is 25.3 Å². The Kier molecular flexibility index (Phi) is 8.99. The Hall–Kier alpha value is -2.99. The number of hydrogen-bond donors (Lipinski definition) is 2. The summed E-state index contributed by atoms with van der Waals surface area (Å²) in [6.07, 6.45) is 0.789. The van der Waals surface area contributed by atoms with Crippen molar-refractivity contribution in [2.24, 2.45) is 0 Å². The van der Waals surface area contributed by atoms with E-state index in [1.54, 1.807) is 12.1 Å². The van der Waals surface area contributed by atoms with Crippen molar-refractivity contribution < 1.29 is 24.2 Å². The Bertz CT molecular complexity index is 936. The lowest BCUT2D eigenvalue weighted by atomic mass is 10.0. The van der Waals surface area contributed by atoms with Gasteiger partial charge in [0.15, 0.2) is 5.78 Å². The minimum absolute atomic E-state index is 0.00634. The summed E-state index contributed by atoms with van der Waals surface area (Å²) in [5.74, 6) is 0.716. The molecule has 0 bridgehead atoms. The number of nitrogens with zero attached hydrogens (tertiary/aromatic N) is 1. The third-order valence-electron chi connectivity index (χ3n) is 5.71. The van der Waals surface area contributed by atoms with Crippen molar-refractivity contribution in [1.29, 1.82) is 0 Å². The molecule has 3 aromatic rings. The molecule has 0 aliphatic heterocycles. The number of ketones is 1. The molecule has 0 atom stereocenters. The van der Waals surface area contributed by atoms with Crippen molar-refractivity contribution >= 4 is 5.78 Å². The van der Waals surface area contributed by atoms with Gasteiger partial charge in [0.2, 0.25) is 0 Å². The summed E-state index contributed by atoms with van der Waals surface area (Å²) < 4.78 is 6.52. The Morgan fingerprint density at radius 3 is 1.88 bits per heavy atom. The number of rotatable bonds is 13. The van der Waals surface area contributed by atoms with Gasteiger partial charge in [-0.1, -0.05) is 60.7 Å². The average Bonchev–Trinajstić information content (AvgIpc) is 2.83. The maximum Gasteiger partial charge on any atom is 0.193 e. The quantitative estimate of drug-likeness (QED) is 0.245. The van der Waals surface area contributed by atoms with Gasteiger partial charge in [-0.3, -0.25) is 4.79 Å². The Balaban J connectivity index is 1.55. The number of hydrogen-bond acceptors (Lipinski definition) is 4. The van der Waals surface area contributed by atoms with Crippen LogP contribution in [0, 0.1) is 0 Å². The molecule has 0 saturated heterocycles. The molecule has 3 aromatic carbocycles. The molecule has 0 aliphatic carbocycles. The second-order valence-electron chi connectivity index (χ2n) is 8.02. The van der Waals surface area contributed by atoms with E-state index in [-0.39, 0.29) is 19.0 Å². The zero-order valence-electron chi connectivity index (χ0n) is 18.4. The van der Waals surface area contributed by atoms with Gasteiger partial charge in [-0.2, -0.15) is 0 Å². The molecule has 168 valence electrons. The summed E-state index contributed by atoms with van der Waals surface area (Å²) in [5, 5.41) is 19.3. The Morgan fingerprint density at radius 1 is 0.719 bits per heavy atom. The largest absolute Gasteiger partial charge is 0.493 e. The van der Waals surface area contributed by atoms with Crippen LogP contribution in [-0.2, 0) is 6.54 Å². The SMILES string of the molecule is O=C(c1ccccc1)c1ccc(OCCC[N+](CCO)(CCO)Cc2ccccc2)cc1. The number of quaternary nitrogens is 1. The summed E-state index contributed by atoms with van der Waals surface area (Å²) in [6.45, 7) is 3.41. The van der Waals surface area contributed by atoms with Gasteiger partial charge < -0.3 is 19.4 Å². The van der Waals surface area contributed by atoms with E-state index in [0.29, 0.717) is 35.3 Å². The fourth-order valence-corrected chi connectivity index (χ4v) is 4.02. The van der Waals surface area contributed by atoms with Gasteiger partial charge in [0, 0.05) is 23.1 Å². The summed E-state index contributed by atoms with van der Waals surface area (Å²) in [4.78, 5) is 12.5. The van der Waals surface area contributed by atoms with Crippen LogP contribution in [0.15, 0.2) is 84.9 Å². The highest BCUT2D eigenvalue weighted by atomic mass is 16.5. The van der Waals surface area contributed by atoms with Gasteiger partial charge in [0.1, 0.15) is 25.4 Å². The first-order valence-corrected chi connectivity index (χ1v) is 11.1. The first-order valence-electron chi connectivity index (χ1n) is 11.1. The van der Waals surface area contributed by atoms with Crippen molar-refractivity contribution in [2.45, 2.75) is 13.0 Å². The van der Waals surface area contributed by atoms with Crippen LogP contribution in [0.1, 0.15) is 27.9 Å². The zero-order valence-corrected chi connectivity index (χ0v) is 18.4. The molecule has 0 fully saturated rings. The normalized spacial score (nSPS) is 11.3. The van der Waals surface area contributed by atoms with E-state index < -0.39 is 0 Å². The summed E-state index contributed by atoms with van der Waals surface area (Å²) in [7, 11) is 0. The number of ether oxygens (including phenoxy) is 1. The highest BCUT2D eigenvalue weighted by Crippen LogP contribution is 2.18. The predicted molar refractivity (Wildman–Crippen MR) is 126 cm³/mol. The molecule has 0 spiro atoms. The molecule has 5 heteroatoms. The van der Waals surface area contributed by atoms with Gasteiger partial charge in [0.05, 0.1) is 26.4 Å². The molecule has 0 aliphatic rings. The molecule has 0 saturated carbocycles. The van der Waals surface area contributed by atoms with Crippen molar-refractivity contribution in [3.05, 3.63) is 102 Å². The standard InChI is InChI=1S/C27H32NO4/c29-19-17-28(18-20-30,22-23-8-3-1-4-9-23)16-7-21-32-26-14-12-25(13-15-26)27(31)24-10-5-2-6-11-24/h1-6,8-15,29-30H,7,16-22H2/q+1. The number of aliphatic hydroxyl groups excluding tert-OH is 2. The topological polar surface area (TPSA) is 66.8 Å². The number of carbonyl (C=O) groups excluding carboxylic acids is 1. The predicted octanol–water partition coefficient (Wildman–Crippen LogP) is 3.69. The van der Waals surface area contributed by atoms with E-state index in [1.165, 1.54) is 5.56 Å². The van der Waals surface area contributed by atoms with Crippen molar-refractivity contribution in [1.82, 2.24) is 0 Å². The first-order chi connectivity index (χ1) is 15.7. The number of aliphatic hydroxyl groups is 2. The number of benzene rings is 3. The van der Waals surface area contributed by atoms with Crippen molar-refractivity contribution in [2.75, 3.05) is 39.5 Å². The molecular weight excluding hydrogens is 402 g/mol. The summed E-state index contributed by atoms with van der Waals surface area (Å²) in [5.41, 5.74) is 2.49. The van der Waals surface area contributed by atoms with E-state index in [9.17, 15) is 15.0 Å². The Morgan fingerprint density at radius 2 is 1.28 bits per heavy atom. The van der Waals surface area contributed by atoms with Crippen LogP contribution in [0.3, 0.4) is 0 Å². The number of carbonyl (C=O) groups is 1. The minimum atomic E-state index is -0.00634. The Labute approximate surface area is 190 Å². The smallest absolute Gasteiger partial charge is 0.193 e. The highest BCUT2D eigenvalue weighted by molar-refractivity contribution is 6.08. The van der Waals surface area contributed by atoms with E-state index in [2.05, 4.69) is 12.1 Å². The molecule has 3 rings (SSSR count). The van der Waals surface area contributed by atoms with Gasteiger partial charge in [-0.15, -0.1) is 0 Å². The van der Waals surface area contributed by atoms with Crippen LogP contribution in [0.5, 0.6) is 5.75 Å². The van der Waals surface area contributed by atoms with Gasteiger partial charge >= 0.3 is 0 Å². The van der Waals surface area contributed by atoms with Crippen LogP contribution >= 0.6 is 0 Å². The van der Waals surface area contributed by atoms with Crippen LogP contribution in [-0.4, -0.2) is 59.9 Å². The van der Waals surface area contributed by atoms with E-state index in [4.69, 9.17) is 4.74 Å². The van der Waals surface area contributed by atoms with Crippen molar-refractivity contribution in [3.63, 3.8) is 0 Å². The summed E-state index contributed by atoms with van der Waals surface area (Å²) in [6, 6.07) is 26.6. The molecule has 0 heterocycles. The highest BCUT2D eigenvalue weighted by Gasteiger charge is 2.26. The molecular formula is C27H32NO4+. The third-order valence-corrected chi connectivity index (χ3v) is 5.71. The molecule has 32 heavy (non-hydrogen) atoms. The van der Waals surface area contributed by atoms with Gasteiger partial charge in [-0.25, -0.2) is 0 Å². The molecule has 2 N–H and O–H groups in total. The van der Waals surface area contributed by atoms with Crippen LogP contribution in [0.4, 0.5) is 0 Å². The van der Waals surface area contributed by atoms with Gasteiger partial charge in [-0.05, 0) is 24.3 Å². The first kappa shape index (κ1) is 23.7. The lowest BCUT2D eigenvalue weighted by molar-refractivity contribution is -0.941. The molecule has 0 unspecified atom stereocenters. The van der Waals surface area contributed by atoms with Crippen LogP contribution in [0.25, 0.3) is 0 Å². The second kappa shape index (κ2) is 12.2. The maximum atomic E-state index is 12.5. The summed E-state index contributed by atoms with van der Waals surface area (Å²) >= 11 is 0. The zero-order chi connectivity index (χ0) is 22.7. The average molecular weight is 435 g/mol. The van der Waals surface area contributed by atoms with Gasteiger partial charge in [0.25, 0.3) is 0 Å². The van der Waals surface area contributed by atoms with Crippen LogP contribution < -0.4 is 4.74 Å². The lowest BCUT2D eigenvalue weighted by Crippen LogP contribution is -2.51. The third kappa shape index (κ3) is 6.76. The molecule has 0 aromatic heterocycles. The van der Waals surface area contributed by atoms with E-state index >= 15 is 0 Å². The minimum Gasteiger partial charge on any atom is -0.493 e.